The Morgan fingerprint density at radius 2 is 1.89 bits per heavy atom. The number of carboxylic acid groups (broad SMARTS) is 1. The summed E-state index contributed by atoms with van der Waals surface area (Å²) in [5.41, 5.74) is 7.34. The molecule has 4 nitrogen and oxygen atoms in total. The van der Waals surface area contributed by atoms with Gasteiger partial charge in [0.1, 0.15) is 12.4 Å². The maximum atomic E-state index is 10.7. The molecule has 0 radical (unpaired) electrons. The van der Waals surface area contributed by atoms with Crippen LogP contribution in [0.4, 0.5) is 5.69 Å². The largest absolute Gasteiger partial charge is 0.487 e. The first-order valence-corrected chi connectivity index (χ1v) is 5.94. The van der Waals surface area contributed by atoms with Crippen LogP contribution < -0.4 is 10.5 Å². The minimum atomic E-state index is -0.950. The van der Waals surface area contributed by atoms with Crippen LogP contribution in [0.2, 0.25) is 5.02 Å². The second-order valence-corrected chi connectivity index (χ2v) is 4.41. The van der Waals surface area contributed by atoms with E-state index in [4.69, 9.17) is 27.2 Å². The molecule has 0 saturated heterocycles. The SMILES string of the molecule is Nc1cc(Cl)ccc1OCc1ccc(C(=O)O)cc1. The number of ether oxygens (including phenoxy) is 1. The third-order valence-electron chi connectivity index (χ3n) is 2.57. The number of rotatable bonds is 4. The molecule has 3 N–H and O–H groups in total. The van der Waals surface area contributed by atoms with Crippen LogP contribution in [0.5, 0.6) is 5.75 Å². The molecule has 5 heteroatoms. The van der Waals surface area contributed by atoms with E-state index in [2.05, 4.69) is 0 Å². The van der Waals surface area contributed by atoms with Gasteiger partial charge >= 0.3 is 5.97 Å². The fourth-order valence-electron chi connectivity index (χ4n) is 1.56. The van der Waals surface area contributed by atoms with Crippen molar-refractivity contribution in [2.45, 2.75) is 6.61 Å². The molecule has 98 valence electrons. The normalized spacial score (nSPS) is 10.2. The molecule has 0 amide bonds. The first kappa shape index (κ1) is 13.2. The number of hydrogen-bond donors (Lipinski definition) is 2. The van der Waals surface area contributed by atoms with Crippen molar-refractivity contribution in [3.8, 4) is 5.75 Å². The van der Waals surface area contributed by atoms with Crippen LogP contribution in [0.1, 0.15) is 15.9 Å². The molecule has 2 aromatic rings. The Labute approximate surface area is 115 Å². The number of carboxylic acids is 1. The van der Waals surface area contributed by atoms with E-state index in [1.165, 1.54) is 12.1 Å². The lowest BCUT2D eigenvalue weighted by Gasteiger charge is -2.09. The highest BCUT2D eigenvalue weighted by atomic mass is 35.5. The van der Waals surface area contributed by atoms with Crippen LogP contribution >= 0.6 is 11.6 Å². The van der Waals surface area contributed by atoms with Gasteiger partial charge < -0.3 is 15.6 Å². The van der Waals surface area contributed by atoms with Crippen molar-refractivity contribution < 1.29 is 14.6 Å². The Kier molecular flexibility index (Phi) is 3.92. The average molecular weight is 278 g/mol. The first-order valence-electron chi connectivity index (χ1n) is 5.56. The lowest BCUT2D eigenvalue weighted by molar-refractivity contribution is 0.0697. The minimum absolute atomic E-state index is 0.245. The zero-order valence-electron chi connectivity index (χ0n) is 9.97. The topological polar surface area (TPSA) is 72.5 Å². The van der Waals surface area contributed by atoms with E-state index in [1.807, 2.05) is 0 Å². The highest BCUT2D eigenvalue weighted by Crippen LogP contribution is 2.25. The molecular formula is C14H12ClNO3. The van der Waals surface area contributed by atoms with Gasteiger partial charge in [0.05, 0.1) is 11.3 Å². The molecule has 2 aromatic carbocycles. The molecule has 0 aliphatic heterocycles. The van der Waals surface area contributed by atoms with Crippen molar-refractivity contribution in [1.82, 2.24) is 0 Å². The molecule has 0 unspecified atom stereocenters. The first-order chi connectivity index (χ1) is 9.06. The number of nitrogen functional groups attached to an aromatic ring is 1. The maximum absolute atomic E-state index is 10.7. The van der Waals surface area contributed by atoms with Crippen LogP contribution in [-0.4, -0.2) is 11.1 Å². The Balaban J connectivity index is 2.04. The van der Waals surface area contributed by atoms with Gasteiger partial charge in [0.25, 0.3) is 0 Å². The number of carbonyl (C=O) groups is 1. The molecule has 0 saturated carbocycles. The average Bonchev–Trinajstić information content (AvgIpc) is 2.38. The zero-order chi connectivity index (χ0) is 13.8. The highest BCUT2D eigenvalue weighted by Gasteiger charge is 2.04. The van der Waals surface area contributed by atoms with Gasteiger partial charge in [0.15, 0.2) is 0 Å². The van der Waals surface area contributed by atoms with E-state index in [0.717, 1.165) is 5.56 Å². The molecular weight excluding hydrogens is 266 g/mol. The van der Waals surface area contributed by atoms with Gasteiger partial charge in [-0.3, -0.25) is 0 Å². The Bertz CT molecular complexity index is 596. The van der Waals surface area contributed by atoms with E-state index >= 15 is 0 Å². The third-order valence-corrected chi connectivity index (χ3v) is 2.80. The molecule has 0 aliphatic carbocycles. The molecule has 2 rings (SSSR count). The molecule has 0 aliphatic rings. The minimum Gasteiger partial charge on any atom is -0.487 e. The molecule has 0 fully saturated rings. The van der Waals surface area contributed by atoms with Crippen LogP contribution in [0.25, 0.3) is 0 Å². The van der Waals surface area contributed by atoms with Crippen molar-refractivity contribution in [2.75, 3.05) is 5.73 Å². The Morgan fingerprint density at radius 3 is 2.47 bits per heavy atom. The molecule has 19 heavy (non-hydrogen) atoms. The van der Waals surface area contributed by atoms with Crippen molar-refractivity contribution in [3.63, 3.8) is 0 Å². The van der Waals surface area contributed by atoms with Gasteiger partial charge in [-0.1, -0.05) is 23.7 Å². The van der Waals surface area contributed by atoms with E-state index in [0.29, 0.717) is 23.1 Å². The molecule has 0 aromatic heterocycles. The van der Waals surface area contributed by atoms with E-state index in [1.54, 1.807) is 30.3 Å². The van der Waals surface area contributed by atoms with Gasteiger partial charge in [-0.05, 0) is 35.9 Å². The van der Waals surface area contributed by atoms with Gasteiger partial charge in [-0.15, -0.1) is 0 Å². The van der Waals surface area contributed by atoms with Crippen LogP contribution in [-0.2, 0) is 6.61 Å². The van der Waals surface area contributed by atoms with Crippen molar-refractivity contribution in [2.24, 2.45) is 0 Å². The summed E-state index contributed by atoms with van der Waals surface area (Å²) in [5, 5.41) is 9.34. The lowest BCUT2D eigenvalue weighted by atomic mass is 10.1. The van der Waals surface area contributed by atoms with Gasteiger partial charge in [-0.25, -0.2) is 4.79 Å². The van der Waals surface area contributed by atoms with Crippen molar-refractivity contribution in [3.05, 3.63) is 58.6 Å². The fraction of sp³-hybridized carbons (Fsp3) is 0.0714. The lowest BCUT2D eigenvalue weighted by Crippen LogP contribution is -2.00. The number of benzene rings is 2. The third kappa shape index (κ3) is 3.39. The zero-order valence-corrected chi connectivity index (χ0v) is 10.7. The second kappa shape index (κ2) is 5.63. The summed E-state index contributed by atoms with van der Waals surface area (Å²) >= 11 is 5.79. The molecule has 0 spiro atoms. The summed E-state index contributed by atoms with van der Waals surface area (Å²) in [6, 6.07) is 11.5. The summed E-state index contributed by atoms with van der Waals surface area (Å²) in [5.74, 6) is -0.402. The standard InChI is InChI=1S/C14H12ClNO3/c15-11-5-6-13(12(16)7-11)19-8-9-1-3-10(4-2-9)14(17)18/h1-7H,8,16H2,(H,17,18). The molecule has 0 heterocycles. The number of aromatic carboxylic acids is 1. The summed E-state index contributed by atoms with van der Waals surface area (Å²) in [4.78, 5) is 10.7. The van der Waals surface area contributed by atoms with Crippen LogP contribution in [0.15, 0.2) is 42.5 Å². The summed E-state index contributed by atoms with van der Waals surface area (Å²) in [7, 11) is 0. The number of anilines is 1. The highest BCUT2D eigenvalue weighted by molar-refractivity contribution is 6.30. The van der Waals surface area contributed by atoms with E-state index in [-0.39, 0.29) is 5.56 Å². The Morgan fingerprint density at radius 1 is 1.21 bits per heavy atom. The summed E-state index contributed by atoms with van der Waals surface area (Å²) < 4.78 is 5.55. The predicted octanol–water partition coefficient (Wildman–Crippen LogP) is 3.20. The van der Waals surface area contributed by atoms with Crippen molar-refractivity contribution in [1.29, 1.82) is 0 Å². The van der Waals surface area contributed by atoms with Gasteiger partial charge in [-0.2, -0.15) is 0 Å². The predicted molar refractivity (Wildman–Crippen MR) is 73.6 cm³/mol. The van der Waals surface area contributed by atoms with Crippen LogP contribution in [0, 0.1) is 0 Å². The number of hydrogen-bond acceptors (Lipinski definition) is 3. The monoisotopic (exact) mass is 277 g/mol. The van der Waals surface area contributed by atoms with Crippen molar-refractivity contribution >= 4 is 23.3 Å². The molecule has 0 atom stereocenters. The summed E-state index contributed by atoms with van der Waals surface area (Å²) in [6.45, 7) is 0.311. The number of nitrogens with two attached hydrogens (primary N) is 1. The van der Waals surface area contributed by atoms with Crippen LogP contribution in [0.3, 0.4) is 0 Å². The van der Waals surface area contributed by atoms with Gasteiger partial charge in [0.2, 0.25) is 0 Å². The van der Waals surface area contributed by atoms with E-state index in [9.17, 15) is 4.79 Å². The quantitative estimate of drug-likeness (QED) is 0.842. The van der Waals surface area contributed by atoms with E-state index < -0.39 is 5.97 Å². The molecule has 0 bridgehead atoms. The smallest absolute Gasteiger partial charge is 0.335 e. The number of halogens is 1. The van der Waals surface area contributed by atoms with Gasteiger partial charge in [0, 0.05) is 5.02 Å². The summed E-state index contributed by atoms with van der Waals surface area (Å²) in [6.07, 6.45) is 0. The Hall–Kier alpha value is -2.20. The maximum Gasteiger partial charge on any atom is 0.335 e. The fourth-order valence-corrected chi connectivity index (χ4v) is 1.74. The second-order valence-electron chi connectivity index (χ2n) is 3.97.